The standard InChI is InChI=1S/C24H23Cl2N5O2/c1-14(23-19(25)11-27-12-20(23)26)33-17-5-6-21-18(9-17)24(30-29-21)15-4-7-22(28-10-15)31-8-2-3-16(31)13-32/h4-7,9-12,14,16,32H,2-3,8,13H2,1H3,(H,29,30)/t14-,16?/m1/s1. The van der Waals surface area contributed by atoms with Gasteiger partial charge in [0.25, 0.3) is 0 Å². The molecule has 33 heavy (non-hydrogen) atoms. The van der Waals surface area contributed by atoms with E-state index in [4.69, 9.17) is 27.9 Å². The summed E-state index contributed by atoms with van der Waals surface area (Å²) >= 11 is 12.6. The lowest BCUT2D eigenvalue weighted by Gasteiger charge is -2.24. The van der Waals surface area contributed by atoms with Gasteiger partial charge in [0.15, 0.2) is 0 Å². The van der Waals surface area contributed by atoms with Crippen LogP contribution >= 0.6 is 23.2 Å². The van der Waals surface area contributed by atoms with Gasteiger partial charge in [-0.05, 0) is 50.1 Å². The molecule has 3 aromatic heterocycles. The molecule has 1 fully saturated rings. The molecule has 0 bridgehead atoms. The molecule has 9 heteroatoms. The summed E-state index contributed by atoms with van der Waals surface area (Å²) in [7, 11) is 0. The monoisotopic (exact) mass is 483 g/mol. The Kier molecular flexibility index (Phi) is 6.10. The SMILES string of the molecule is C[C@@H](Oc1ccc2[nH]nc(-c3ccc(N4CCCC4CO)nc3)c2c1)c1c(Cl)cncc1Cl. The van der Waals surface area contributed by atoms with Gasteiger partial charge in [-0.3, -0.25) is 10.1 Å². The normalized spacial score (nSPS) is 17.0. The van der Waals surface area contributed by atoms with Crippen molar-refractivity contribution in [2.75, 3.05) is 18.1 Å². The number of aliphatic hydroxyl groups is 1. The maximum atomic E-state index is 9.60. The Morgan fingerprint density at radius 1 is 1.18 bits per heavy atom. The number of nitrogens with one attached hydrogen (secondary N) is 1. The third kappa shape index (κ3) is 4.24. The quantitative estimate of drug-likeness (QED) is 0.380. The van der Waals surface area contributed by atoms with Gasteiger partial charge in [0.05, 0.1) is 28.2 Å². The van der Waals surface area contributed by atoms with Gasteiger partial charge in [0.1, 0.15) is 23.4 Å². The van der Waals surface area contributed by atoms with Crippen LogP contribution in [-0.2, 0) is 0 Å². The van der Waals surface area contributed by atoms with Gasteiger partial charge in [-0.2, -0.15) is 5.10 Å². The van der Waals surface area contributed by atoms with Crippen molar-refractivity contribution in [2.45, 2.75) is 31.9 Å². The van der Waals surface area contributed by atoms with Gasteiger partial charge in [0.2, 0.25) is 0 Å². The molecule has 0 aliphatic carbocycles. The van der Waals surface area contributed by atoms with E-state index >= 15 is 0 Å². The second kappa shape index (κ2) is 9.17. The minimum Gasteiger partial charge on any atom is -0.486 e. The molecule has 0 saturated carbocycles. The summed E-state index contributed by atoms with van der Waals surface area (Å²) in [6, 6.07) is 9.90. The molecule has 170 valence electrons. The summed E-state index contributed by atoms with van der Waals surface area (Å²) < 4.78 is 6.16. The number of fused-ring (bicyclic) bond motifs is 1. The summed E-state index contributed by atoms with van der Waals surface area (Å²) in [5.41, 5.74) is 3.29. The van der Waals surface area contributed by atoms with Crippen LogP contribution in [0.15, 0.2) is 48.9 Å². The fraction of sp³-hybridized carbons (Fsp3) is 0.292. The van der Waals surface area contributed by atoms with Gasteiger partial charge in [0, 0.05) is 41.6 Å². The Bertz CT molecular complexity index is 1260. The zero-order valence-corrected chi connectivity index (χ0v) is 19.5. The molecule has 1 saturated heterocycles. The number of anilines is 1. The van der Waals surface area contributed by atoms with Crippen molar-refractivity contribution in [1.29, 1.82) is 0 Å². The number of rotatable bonds is 6. The van der Waals surface area contributed by atoms with Crippen LogP contribution in [0, 0.1) is 0 Å². The average molecular weight is 484 g/mol. The molecule has 4 heterocycles. The van der Waals surface area contributed by atoms with Gasteiger partial charge >= 0.3 is 0 Å². The number of pyridine rings is 2. The van der Waals surface area contributed by atoms with Crippen molar-refractivity contribution in [3.8, 4) is 17.0 Å². The second-order valence-corrected chi connectivity index (χ2v) is 8.95. The van der Waals surface area contributed by atoms with E-state index in [0.717, 1.165) is 47.4 Å². The molecule has 0 amide bonds. The average Bonchev–Trinajstić information content (AvgIpc) is 3.46. The van der Waals surface area contributed by atoms with E-state index in [1.807, 2.05) is 43.5 Å². The zero-order valence-electron chi connectivity index (χ0n) is 18.0. The van der Waals surface area contributed by atoms with Gasteiger partial charge < -0.3 is 14.7 Å². The molecule has 1 aromatic carbocycles. The van der Waals surface area contributed by atoms with Gasteiger partial charge in [-0.15, -0.1) is 0 Å². The van der Waals surface area contributed by atoms with Crippen LogP contribution in [0.25, 0.3) is 22.2 Å². The van der Waals surface area contributed by atoms with E-state index in [0.29, 0.717) is 21.4 Å². The maximum absolute atomic E-state index is 9.60. The molecule has 2 atom stereocenters. The first-order valence-electron chi connectivity index (χ1n) is 10.8. The Hall–Kier alpha value is -2.87. The van der Waals surface area contributed by atoms with Crippen molar-refractivity contribution in [3.63, 3.8) is 0 Å². The van der Waals surface area contributed by atoms with Crippen molar-refractivity contribution < 1.29 is 9.84 Å². The van der Waals surface area contributed by atoms with E-state index in [1.54, 1.807) is 12.4 Å². The smallest absolute Gasteiger partial charge is 0.128 e. The summed E-state index contributed by atoms with van der Waals surface area (Å²) in [6.07, 6.45) is 6.63. The highest BCUT2D eigenvalue weighted by atomic mass is 35.5. The Morgan fingerprint density at radius 3 is 2.73 bits per heavy atom. The highest BCUT2D eigenvalue weighted by molar-refractivity contribution is 6.35. The zero-order chi connectivity index (χ0) is 22.9. The van der Waals surface area contributed by atoms with E-state index in [-0.39, 0.29) is 18.8 Å². The number of H-pyrrole nitrogens is 1. The molecule has 7 nitrogen and oxygen atoms in total. The molecule has 1 aliphatic heterocycles. The topological polar surface area (TPSA) is 87.2 Å². The highest BCUT2D eigenvalue weighted by Gasteiger charge is 2.25. The number of halogens is 2. The molecule has 1 unspecified atom stereocenters. The third-order valence-corrected chi connectivity index (χ3v) is 6.65. The Labute approximate surface area is 201 Å². The summed E-state index contributed by atoms with van der Waals surface area (Å²) in [5.74, 6) is 1.55. The fourth-order valence-electron chi connectivity index (χ4n) is 4.38. The molecule has 2 N–H and O–H groups in total. The lowest BCUT2D eigenvalue weighted by Crippen LogP contribution is -2.32. The molecular formula is C24H23Cl2N5O2. The minimum atomic E-state index is -0.360. The van der Waals surface area contributed by atoms with E-state index in [1.165, 1.54) is 0 Å². The van der Waals surface area contributed by atoms with Crippen LogP contribution in [0.3, 0.4) is 0 Å². The van der Waals surface area contributed by atoms with Crippen molar-refractivity contribution in [1.82, 2.24) is 20.2 Å². The Balaban J connectivity index is 1.42. The predicted octanol–water partition coefficient (Wildman–Crippen LogP) is 5.43. The van der Waals surface area contributed by atoms with Gasteiger partial charge in [-0.25, -0.2) is 4.98 Å². The van der Waals surface area contributed by atoms with Gasteiger partial charge in [-0.1, -0.05) is 23.2 Å². The number of aromatic nitrogens is 4. The summed E-state index contributed by atoms with van der Waals surface area (Å²) in [4.78, 5) is 10.8. The van der Waals surface area contributed by atoms with Crippen LogP contribution in [0.5, 0.6) is 5.75 Å². The number of hydrogen-bond donors (Lipinski definition) is 2. The lowest BCUT2D eigenvalue weighted by molar-refractivity contribution is 0.227. The van der Waals surface area contributed by atoms with Crippen LogP contribution in [0.2, 0.25) is 10.0 Å². The summed E-state index contributed by atoms with van der Waals surface area (Å²) in [5, 5.41) is 19.0. The molecule has 5 rings (SSSR count). The third-order valence-electron chi connectivity index (χ3n) is 6.05. The number of ether oxygens (including phenoxy) is 1. The van der Waals surface area contributed by atoms with Crippen molar-refractivity contribution in [3.05, 3.63) is 64.5 Å². The fourth-order valence-corrected chi connectivity index (χ4v) is 5.05. The lowest BCUT2D eigenvalue weighted by atomic mass is 10.1. The van der Waals surface area contributed by atoms with Crippen molar-refractivity contribution in [2.24, 2.45) is 0 Å². The number of nitrogens with zero attached hydrogens (tertiary/aromatic N) is 4. The van der Waals surface area contributed by atoms with E-state index in [2.05, 4.69) is 25.1 Å². The molecule has 4 aromatic rings. The Morgan fingerprint density at radius 2 is 2.00 bits per heavy atom. The first-order valence-corrected chi connectivity index (χ1v) is 11.6. The van der Waals surface area contributed by atoms with Crippen molar-refractivity contribution >= 4 is 39.9 Å². The van der Waals surface area contributed by atoms with E-state index in [9.17, 15) is 5.11 Å². The minimum absolute atomic E-state index is 0.138. The number of aliphatic hydroxyl groups excluding tert-OH is 1. The van der Waals surface area contributed by atoms with Crippen LogP contribution in [-0.4, -0.2) is 44.5 Å². The van der Waals surface area contributed by atoms with E-state index < -0.39 is 0 Å². The number of benzene rings is 1. The molecular weight excluding hydrogens is 461 g/mol. The first-order chi connectivity index (χ1) is 16.0. The maximum Gasteiger partial charge on any atom is 0.128 e. The van der Waals surface area contributed by atoms with Crippen LogP contribution in [0.4, 0.5) is 5.82 Å². The number of aromatic amines is 1. The second-order valence-electron chi connectivity index (χ2n) is 8.13. The predicted molar refractivity (Wildman–Crippen MR) is 130 cm³/mol. The summed E-state index contributed by atoms with van der Waals surface area (Å²) in [6.45, 7) is 2.95. The molecule has 0 radical (unpaired) electrons. The molecule has 1 aliphatic rings. The van der Waals surface area contributed by atoms with Crippen LogP contribution in [0.1, 0.15) is 31.4 Å². The largest absolute Gasteiger partial charge is 0.486 e. The molecule has 0 spiro atoms. The van der Waals surface area contributed by atoms with Crippen LogP contribution < -0.4 is 9.64 Å². The highest BCUT2D eigenvalue weighted by Crippen LogP contribution is 2.35. The number of hydrogen-bond acceptors (Lipinski definition) is 6. The first kappa shape index (κ1) is 21.9.